The Kier molecular flexibility index (Phi) is 6.43. The molecule has 30 heavy (non-hydrogen) atoms. The van der Waals surface area contributed by atoms with Crippen molar-refractivity contribution >= 4 is 11.8 Å². The van der Waals surface area contributed by atoms with Crippen LogP contribution in [0.1, 0.15) is 31.2 Å². The van der Waals surface area contributed by atoms with Gasteiger partial charge in [0.15, 0.2) is 11.5 Å². The molecular formula is C22H31N3O5. The largest absolute Gasteiger partial charge is 0.454 e. The summed E-state index contributed by atoms with van der Waals surface area (Å²) in [6.45, 7) is 3.61. The lowest BCUT2D eigenvalue weighted by Crippen LogP contribution is -2.50. The summed E-state index contributed by atoms with van der Waals surface area (Å²) in [4.78, 5) is 29.8. The number of carbonyl (C=O) groups is 2. The highest BCUT2D eigenvalue weighted by molar-refractivity contribution is 5.81. The fourth-order valence-electron chi connectivity index (χ4n) is 4.55. The van der Waals surface area contributed by atoms with Gasteiger partial charge in [-0.25, -0.2) is 0 Å². The third-order valence-corrected chi connectivity index (χ3v) is 6.34. The molecule has 0 radical (unpaired) electrons. The number of aliphatic hydroxyl groups is 1. The number of benzene rings is 1. The van der Waals surface area contributed by atoms with E-state index in [1.165, 1.54) is 0 Å². The fraction of sp³-hybridized carbons (Fsp3) is 0.636. The van der Waals surface area contributed by atoms with Crippen LogP contribution in [-0.4, -0.2) is 78.9 Å². The SMILES string of the molecule is CN1CCCN(C(=O)[C@H]2CC[C@@H](O)[C@H](NC(=O)Cc3ccc4c(c3)OCO4)C2)CC1. The molecule has 0 bridgehead atoms. The maximum Gasteiger partial charge on any atom is 0.231 e. The standard InChI is InChI=1S/C22H31N3O5/c1-24-7-2-8-25(10-9-24)22(28)16-4-5-18(26)17(13-16)23-21(27)12-15-3-6-19-20(11-15)30-14-29-19/h3,6,11,16-18,26H,2,4-5,7-10,12-14H2,1H3,(H,23,27)/t16-,17+,18+/m0/s1. The molecule has 0 unspecified atom stereocenters. The lowest BCUT2D eigenvalue weighted by Gasteiger charge is -2.35. The smallest absolute Gasteiger partial charge is 0.231 e. The van der Waals surface area contributed by atoms with Gasteiger partial charge in [0.2, 0.25) is 18.6 Å². The Labute approximate surface area is 177 Å². The second-order valence-corrected chi connectivity index (χ2v) is 8.60. The van der Waals surface area contributed by atoms with Gasteiger partial charge in [-0.2, -0.15) is 0 Å². The average molecular weight is 418 g/mol. The van der Waals surface area contributed by atoms with E-state index in [4.69, 9.17) is 9.47 Å². The van der Waals surface area contributed by atoms with Crippen LogP contribution in [0.15, 0.2) is 18.2 Å². The number of ether oxygens (including phenoxy) is 2. The minimum absolute atomic E-state index is 0.146. The Morgan fingerprint density at radius 2 is 1.97 bits per heavy atom. The van der Waals surface area contributed by atoms with Crippen LogP contribution in [0, 0.1) is 5.92 Å². The zero-order chi connectivity index (χ0) is 21.1. The van der Waals surface area contributed by atoms with Crippen LogP contribution < -0.4 is 14.8 Å². The Morgan fingerprint density at radius 3 is 2.83 bits per heavy atom. The molecule has 2 aliphatic heterocycles. The number of likely N-dealkylation sites (N-methyl/N-ethyl adjacent to an activating group) is 1. The van der Waals surface area contributed by atoms with E-state index in [1.807, 2.05) is 17.0 Å². The quantitative estimate of drug-likeness (QED) is 0.752. The van der Waals surface area contributed by atoms with Crippen LogP contribution in [0.2, 0.25) is 0 Å². The minimum atomic E-state index is -0.620. The number of nitrogens with one attached hydrogen (secondary N) is 1. The number of amides is 2. The van der Waals surface area contributed by atoms with Crippen molar-refractivity contribution in [1.29, 1.82) is 0 Å². The van der Waals surface area contributed by atoms with E-state index in [0.29, 0.717) is 30.8 Å². The highest BCUT2D eigenvalue weighted by atomic mass is 16.7. The van der Waals surface area contributed by atoms with E-state index >= 15 is 0 Å². The molecule has 2 fully saturated rings. The summed E-state index contributed by atoms with van der Waals surface area (Å²) in [5.41, 5.74) is 0.823. The van der Waals surface area contributed by atoms with Gasteiger partial charge in [-0.05, 0) is 57.0 Å². The fourth-order valence-corrected chi connectivity index (χ4v) is 4.55. The summed E-state index contributed by atoms with van der Waals surface area (Å²) >= 11 is 0. The normalized spacial score (nSPS) is 26.9. The number of hydrogen-bond acceptors (Lipinski definition) is 6. The minimum Gasteiger partial charge on any atom is -0.454 e. The second kappa shape index (κ2) is 9.22. The van der Waals surface area contributed by atoms with Gasteiger partial charge in [-0.15, -0.1) is 0 Å². The molecule has 3 atom stereocenters. The number of carbonyl (C=O) groups excluding carboxylic acids is 2. The van der Waals surface area contributed by atoms with Crippen LogP contribution in [0.25, 0.3) is 0 Å². The Morgan fingerprint density at radius 1 is 1.13 bits per heavy atom. The summed E-state index contributed by atoms with van der Waals surface area (Å²) in [5.74, 6) is 1.18. The second-order valence-electron chi connectivity index (χ2n) is 8.60. The molecule has 0 aromatic heterocycles. The molecule has 1 saturated carbocycles. The van der Waals surface area contributed by atoms with Crippen molar-refractivity contribution in [2.24, 2.45) is 5.92 Å². The molecule has 2 N–H and O–H groups in total. The first kappa shape index (κ1) is 20.9. The lowest BCUT2D eigenvalue weighted by molar-refractivity contribution is -0.138. The molecule has 1 saturated heterocycles. The predicted molar refractivity (Wildman–Crippen MR) is 110 cm³/mol. The van der Waals surface area contributed by atoms with Gasteiger partial charge >= 0.3 is 0 Å². The van der Waals surface area contributed by atoms with E-state index in [2.05, 4.69) is 17.3 Å². The molecular weight excluding hydrogens is 386 g/mol. The first-order chi connectivity index (χ1) is 14.5. The lowest BCUT2D eigenvalue weighted by atomic mass is 9.82. The maximum atomic E-state index is 13.0. The summed E-state index contributed by atoms with van der Waals surface area (Å²) < 4.78 is 10.7. The van der Waals surface area contributed by atoms with E-state index in [0.717, 1.165) is 38.2 Å². The number of rotatable bonds is 4. The van der Waals surface area contributed by atoms with Crippen LogP contribution in [0.3, 0.4) is 0 Å². The molecule has 8 nitrogen and oxygen atoms in total. The molecule has 0 spiro atoms. The molecule has 8 heteroatoms. The zero-order valence-electron chi connectivity index (χ0n) is 17.5. The van der Waals surface area contributed by atoms with E-state index in [1.54, 1.807) is 6.07 Å². The van der Waals surface area contributed by atoms with Gasteiger partial charge in [0, 0.05) is 25.6 Å². The van der Waals surface area contributed by atoms with Crippen LogP contribution in [0.5, 0.6) is 11.5 Å². The van der Waals surface area contributed by atoms with Crippen molar-refractivity contribution in [2.75, 3.05) is 40.0 Å². The number of nitrogens with zero attached hydrogens (tertiary/aromatic N) is 2. The molecule has 3 aliphatic rings. The third-order valence-electron chi connectivity index (χ3n) is 6.34. The summed E-state index contributed by atoms with van der Waals surface area (Å²) in [6.07, 6.45) is 2.23. The summed E-state index contributed by atoms with van der Waals surface area (Å²) in [5, 5.41) is 13.4. The first-order valence-electron chi connectivity index (χ1n) is 10.8. The molecule has 1 aliphatic carbocycles. The van der Waals surface area contributed by atoms with Crippen LogP contribution in [-0.2, 0) is 16.0 Å². The molecule has 2 amide bonds. The van der Waals surface area contributed by atoms with E-state index in [-0.39, 0.29) is 30.9 Å². The molecule has 1 aromatic rings. The number of hydrogen-bond donors (Lipinski definition) is 2. The number of fused-ring (bicyclic) bond motifs is 1. The van der Waals surface area contributed by atoms with Crippen molar-refractivity contribution in [3.05, 3.63) is 23.8 Å². The maximum absolute atomic E-state index is 13.0. The van der Waals surface area contributed by atoms with Gasteiger partial charge in [0.1, 0.15) is 0 Å². The van der Waals surface area contributed by atoms with Gasteiger partial charge in [-0.3, -0.25) is 9.59 Å². The molecule has 1 aromatic carbocycles. The Balaban J connectivity index is 1.33. The van der Waals surface area contributed by atoms with Crippen LogP contribution in [0.4, 0.5) is 0 Å². The van der Waals surface area contributed by atoms with Gasteiger partial charge < -0.3 is 29.7 Å². The van der Waals surface area contributed by atoms with E-state index in [9.17, 15) is 14.7 Å². The average Bonchev–Trinajstić information content (AvgIpc) is 3.08. The van der Waals surface area contributed by atoms with Crippen molar-refractivity contribution < 1.29 is 24.2 Å². The first-order valence-corrected chi connectivity index (χ1v) is 10.8. The van der Waals surface area contributed by atoms with Gasteiger partial charge in [0.25, 0.3) is 0 Å². The van der Waals surface area contributed by atoms with Gasteiger partial charge in [-0.1, -0.05) is 6.07 Å². The molecule has 164 valence electrons. The van der Waals surface area contributed by atoms with Gasteiger partial charge in [0.05, 0.1) is 18.6 Å². The zero-order valence-corrected chi connectivity index (χ0v) is 17.5. The summed E-state index contributed by atoms with van der Waals surface area (Å²) in [7, 11) is 2.08. The third kappa shape index (κ3) is 4.87. The van der Waals surface area contributed by atoms with Crippen LogP contribution >= 0.6 is 0 Å². The monoisotopic (exact) mass is 417 g/mol. The number of aliphatic hydroxyl groups excluding tert-OH is 1. The van der Waals surface area contributed by atoms with E-state index < -0.39 is 12.1 Å². The molecule has 4 rings (SSSR count). The highest BCUT2D eigenvalue weighted by Gasteiger charge is 2.36. The molecule has 2 heterocycles. The van der Waals surface area contributed by atoms with Crippen molar-refractivity contribution in [3.63, 3.8) is 0 Å². The van der Waals surface area contributed by atoms with Crippen molar-refractivity contribution in [3.8, 4) is 11.5 Å². The predicted octanol–water partition coefficient (Wildman–Crippen LogP) is 0.768. The highest BCUT2D eigenvalue weighted by Crippen LogP contribution is 2.32. The topological polar surface area (TPSA) is 91.3 Å². The van der Waals surface area contributed by atoms with Crippen molar-refractivity contribution in [1.82, 2.24) is 15.1 Å². The summed E-state index contributed by atoms with van der Waals surface area (Å²) in [6, 6.07) is 5.05. The Hall–Kier alpha value is -2.32. The van der Waals surface area contributed by atoms with Crippen molar-refractivity contribution in [2.45, 2.75) is 44.2 Å². The Bertz CT molecular complexity index is 786.